The van der Waals surface area contributed by atoms with Crippen molar-refractivity contribution in [2.45, 2.75) is 0 Å². The van der Waals surface area contributed by atoms with Crippen LogP contribution in [0.3, 0.4) is 0 Å². The molecule has 0 radical (unpaired) electrons. The molecule has 5 heteroatoms. The molecule has 0 atom stereocenters. The normalized spacial score (nSPS) is 12.5. The van der Waals surface area contributed by atoms with Gasteiger partial charge < -0.3 is 0 Å². The minimum atomic E-state index is 0.959. The second kappa shape index (κ2) is 5.58. The number of thiophene rings is 2. The Morgan fingerprint density at radius 1 is 0.645 bits per heavy atom. The molecule has 0 fully saturated rings. The van der Waals surface area contributed by atoms with E-state index in [1.165, 1.54) is 56.6 Å². The highest BCUT2D eigenvalue weighted by molar-refractivity contribution is 7.28. The van der Waals surface area contributed by atoms with Crippen molar-refractivity contribution < 1.29 is 0 Å². The summed E-state index contributed by atoms with van der Waals surface area (Å²) in [4.78, 5) is 9.02. The Morgan fingerprint density at radius 3 is 2.55 bits per heavy atom. The van der Waals surface area contributed by atoms with Crippen LogP contribution in [0.1, 0.15) is 0 Å². The molecule has 0 amide bonds. The van der Waals surface area contributed by atoms with Crippen LogP contribution in [0.2, 0.25) is 0 Å². The molecule has 0 unspecified atom stereocenters. The molecule has 5 heterocycles. The van der Waals surface area contributed by atoms with Gasteiger partial charge in [-0.1, -0.05) is 18.2 Å². The highest BCUT2D eigenvalue weighted by Crippen LogP contribution is 2.45. The molecule has 144 valence electrons. The Bertz CT molecular complexity index is 2010. The minimum absolute atomic E-state index is 0.959. The minimum Gasteiger partial charge on any atom is -0.299 e. The molecule has 3 nitrogen and oxygen atoms in total. The van der Waals surface area contributed by atoms with E-state index in [0.717, 1.165) is 11.0 Å². The molecule has 3 aromatic carbocycles. The summed E-state index contributed by atoms with van der Waals surface area (Å²) < 4.78 is 7.56. The second-order valence-corrected chi connectivity index (χ2v) is 10.1. The molecule has 0 saturated heterocycles. The van der Waals surface area contributed by atoms with Crippen molar-refractivity contribution in [1.82, 2.24) is 14.4 Å². The maximum atomic E-state index is 4.62. The van der Waals surface area contributed by atoms with Crippen LogP contribution in [0.4, 0.5) is 0 Å². The molecule has 8 aromatic rings. The van der Waals surface area contributed by atoms with Crippen LogP contribution in [0.25, 0.3) is 67.7 Å². The lowest BCUT2D eigenvalue weighted by atomic mass is 10.0. The van der Waals surface area contributed by atoms with Gasteiger partial charge in [0.05, 0.1) is 5.52 Å². The number of benzene rings is 3. The number of hydrogen-bond acceptors (Lipinski definition) is 4. The molecule has 0 bridgehead atoms. The van der Waals surface area contributed by atoms with Crippen LogP contribution in [0.5, 0.6) is 0 Å². The zero-order valence-electron chi connectivity index (χ0n) is 16.2. The maximum Gasteiger partial charge on any atom is 0.146 e. The van der Waals surface area contributed by atoms with E-state index >= 15 is 0 Å². The smallest absolute Gasteiger partial charge is 0.146 e. The van der Waals surface area contributed by atoms with Crippen molar-refractivity contribution >= 4 is 90.3 Å². The van der Waals surface area contributed by atoms with Gasteiger partial charge in [0.15, 0.2) is 0 Å². The molecule has 8 rings (SSSR count). The average molecular weight is 432 g/mol. The first-order valence-electron chi connectivity index (χ1n) is 10.2. The van der Waals surface area contributed by atoms with Crippen molar-refractivity contribution in [2.24, 2.45) is 0 Å². The molecule has 0 aliphatic rings. The highest BCUT2D eigenvalue weighted by atomic mass is 32.1. The van der Waals surface area contributed by atoms with Gasteiger partial charge in [0, 0.05) is 75.9 Å². The lowest BCUT2D eigenvalue weighted by Crippen LogP contribution is -1.91. The molecular formula is C26H13N3S2. The number of hydrogen-bond donors (Lipinski definition) is 0. The first-order valence-corrected chi connectivity index (χ1v) is 11.8. The van der Waals surface area contributed by atoms with Crippen molar-refractivity contribution in [2.75, 3.05) is 0 Å². The van der Waals surface area contributed by atoms with Crippen molar-refractivity contribution in [1.29, 1.82) is 0 Å². The van der Waals surface area contributed by atoms with E-state index in [1.807, 2.05) is 41.3 Å². The van der Waals surface area contributed by atoms with Gasteiger partial charge in [-0.2, -0.15) is 0 Å². The Labute approximate surface area is 183 Å². The average Bonchev–Trinajstić information content (AvgIpc) is 3.52. The monoisotopic (exact) mass is 431 g/mol. The fourth-order valence-electron chi connectivity index (χ4n) is 5.04. The summed E-state index contributed by atoms with van der Waals surface area (Å²) in [6, 6.07) is 20.1. The lowest BCUT2D eigenvalue weighted by molar-refractivity contribution is 1.27. The van der Waals surface area contributed by atoms with E-state index in [9.17, 15) is 0 Å². The largest absolute Gasteiger partial charge is 0.299 e. The van der Waals surface area contributed by atoms with E-state index in [1.54, 1.807) is 0 Å². The van der Waals surface area contributed by atoms with E-state index in [2.05, 4.69) is 75.2 Å². The van der Waals surface area contributed by atoms with Gasteiger partial charge in [-0.3, -0.25) is 9.38 Å². The molecule has 0 saturated carbocycles. The highest BCUT2D eigenvalue weighted by Gasteiger charge is 2.17. The number of imidazole rings is 1. The van der Waals surface area contributed by atoms with E-state index in [0.29, 0.717) is 0 Å². The zero-order chi connectivity index (χ0) is 20.1. The predicted octanol–water partition coefficient (Wildman–Crippen LogP) is 7.77. The number of aromatic nitrogens is 3. The third-order valence-corrected chi connectivity index (χ3v) is 8.60. The van der Waals surface area contributed by atoms with E-state index in [4.69, 9.17) is 0 Å². The van der Waals surface area contributed by atoms with Crippen LogP contribution < -0.4 is 0 Å². The first-order chi connectivity index (χ1) is 15.4. The summed E-state index contributed by atoms with van der Waals surface area (Å²) in [7, 11) is 0. The summed E-state index contributed by atoms with van der Waals surface area (Å²) in [5.41, 5.74) is 2.15. The second-order valence-electron chi connectivity index (χ2n) is 7.92. The Morgan fingerprint density at radius 2 is 1.55 bits per heavy atom. The van der Waals surface area contributed by atoms with Gasteiger partial charge >= 0.3 is 0 Å². The molecule has 0 aliphatic carbocycles. The third-order valence-electron chi connectivity index (χ3n) is 6.34. The van der Waals surface area contributed by atoms with Crippen molar-refractivity contribution in [3.05, 3.63) is 79.4 Å². The van der Waals surface area contributed by atoms with Gasteiger partial charge in [0.1, 0.15) is 5.65 Å². The maximum absolute atomic E-state index is 4.62. The number of rotatable bonds is 0. The van der Waals surface area contributed by atoms with Crippen LogP contribution >= 0.6 is 22.7 Å². The molecule has 0 N–H and O–H groups in total. The summed E-state index contributed by atoms with van der Waals surface area (Å²) in [6.45, 7) is 0. The van der Waals surface area contributed by atoms with E-state index in [-0.39, 0.29) is 0 Å². The summed E-state index contributed by atoms with van der Waals surface area (Å²) in [5.74, 6) is 0. The lowest BCUT2D eigenvalue weighted by Gasteiger charge is -2.09. The molecule has 5 aromatic heterocycles. The van der Waals surface area contributed by atoms with Gasteiger partial charge in [-0.25, -0.2) is 4.98 Å². The van der Waals surface area contributed by atoms with Crippen LogP contribution in [0, 0.1) is 0 Å². The number of pyridine rings is 2. The van der Waals surface area contributed by atoms with Crippen LogP contribution in [-0.4, -0.2) is 14.4 Å². The Kier molecular flexibility index (Phi) is 2.91. The first kappa shape index (κ1) is 16.2. The van der Waals surface area contributed by atoms with Crippen molar-refractivity contribution in [3.63, 3.8) is 0 Å². The number of nitrogens with zero attached hydrogens (tertiary/aromatic N) is 3. The fourth-order valence-corrected chi connectivity index (χ4v) is 7.37. The van der Waals surface area contributed by atoms with Crippen LogP contribution in [-0.2, 0) is 0 Å². The number of fused-ring (bicyclic) bond motifs is 13. The van der Waals surface area contributed by atoms with Crippen molar-refractivity contribution in [3.8, 4) is 0 Å². The Balaban J connectivity index is 1.68. The predicted molar refractivity (Wildman–Crippen MR) is 134 cm³/mol. The Hall–Kier alpha value is -3.54. The zero-order valence-corrected chi connectivity index (χ0v) is 17.8. The van der Waals surface area contributed by atoms with Gasteiger partial charge in [0.2, 0.25) is 0 Å². The summed E-state index contributed by atoms with van der Waals surface area (Å²) in [6.07, 6.45) is 7.75. The molecular weight excluding hydrogens is 418 g/mol. The third kappa shape index (κ3) is 1.98. The fraction of sp³-hybridized carbons (Fsp3) is 0. The summed E-state index contributed by atoms with van der Waals surface area (Å²) >= 11 is 3.77. The quantitative estimate of drug-likeness (QED) is 0.230. The van der Waals surface area contributed by atoms with Gasteiger partial charge in [-0.05, 0) is 41.8 Å². The SMILES string of the molecule is c1ccc2c(c1)sc1cc3sc4ccc5c(c6ccncc6c6nccn56)c4c3cc12. The van der Waals surface area contributed by atoms with Gasteiger partial charge in [0.25, 0.3) is 0 Å². The van der Waals surface area contributed by atoms with Crippen LogP contribution in [0.15, 0.2) is 79.4 Å². The standard InChI is InChI=1S/C26H13N3S2/c1-2-4-20-14(3-1)16-11-17-23(12-22(16)30-20)31-21-6-5-19-24(25(17)21)15-7-8-27-13-18(15)26-28-9-10-29(19)26/h1-13H. The molecule has 31 heavy (non-hydrogen) atoms. The molecule has 0 aliphatic heterocycles. The van der Waals surface area contributed by atoms with E-state index < -0.39 is 0 Å². The topological polar surface area (TPSA) is 30.2 Å². The summed E-state index contributed by atoms with van der Waals surface area (Å²) in [5, 5.41) is 8.94. The molecule has 0 spiro atoms. The van der Waals surface area contributed by atoms with Gasteiger partial charge in [-0.15, -0.1) is 22.7 Å².